The standard InChI is InChI=1S/C21H31N3O3/c1-4-23(5-2)21(27)16-22-12-14-24(15-13-22)20(26)11-10-19(25)18-8-6-17(3)7-9-18/h6-9H,4-5,10-16H2,1-3H3. The van der Waals surface area contributed by atoms with Gasteiger partial charge in [-0.2, -0.15) is 0 Å². The molecule has 1 aromatic rings. The highest BCUT2D eigenvalue weighted by Gasteiger charge is 2.23. The van der Waals surface area contributed by atoms with E-state index in [4.69, 9.17) is 0 Å². The predicted octanol–water partition coefficient (Wildman–Crippen LogP) is 1.97. The summed E-state index contributed by atoms with van der Waals surface area (Å²) in [4.78, 5) is 42.5. The maximum Gasteiger partial charge on any atom is 0.236 e. The van der Waals surface area contributed by atoms with E-state index in [1.54, 1.807) is 4.90 Å². The molecule has 0 aromatic heterocycles. The molecule has 1 saturated heterocycles. The van der Waals surface area contributed by atoms with Crippen LogP contribution in [0.3, 0.4) is 0 Å². The van der Waals surface area contributed by atoms with Crippen LogP contribution in [0.5, 0.6) is 0 Å². The number of piperazine rings is 1. The summed E-state index contributed by atoms with van der Waals surface area (Å²) in [5.41, 5.74) is 1.77. The molecule has 1 aliphatic heterocycles. The van der Waals surface area contributed by atoms with Crippen molar-refractivity contribution < 1.29 is 14.4 Å². The summed E-state index contributed by atoms with van der Waals surface area (Å²) in [6.07, 6.45) is 0.480. The van der Waals surface area contributed by atoms with Crippen LogP contribution < -0.4 is 0 Å². The molecule has 1 heterocycles. The van der Waals surface area contributed by atoms with Gasteiger partial charge in [-0.15, -0.1) is 0 Å². The van der Waals surface area contributed by atoms with Gasteiger partial charge in [0.25, 0.3) is 0 Å². The largest absolute Gasteiger partial charge is 0.342 e. The lowest BCUT2D eigenvalue weighted by atomic mass is 10.0. The molecule has 1 fully saturated rings. The van der Waals surface area contributed by atoms with E-state index in [1.807, 2.05) is 49.9 Å². The molecule has 1 aromatic carbocycles. The highest BCUT2D eigenvalue weighted by molar-refractivity contribution is 5.98. The number of benzene rings is 1. The van der Waals surface area contributed by atoms with Crippen molar-refractivity contribution in [3.63, 3.8) is 0 Å². The van der Waals surface area contributed by atoms with Gasteiger partial charge in [0.15, 0.2) is 5.78 Å². The molecule has 0 aliphatic carbocycles. The van der Waals surface area contributed by atoms with Crippen LogP contribution in [0.2, 0.25) is 0 Å². The van der Waals surface area contributed by atoms with Crippen molar-refractivity contribution in [3.05, 3.63) is 35.4 Å². The fourth-order valence-corrected chi connectivity index (χ4v) is 3.29. The van der Waals surface area contributed by atoms with Crippen molar-refractivity contribution in [1.29, 1.82) is 0 Å². The first-order chi connectivity index (χ1) is 12.9. The molecule has 6 heteroatoms. The number of carbonyl (C=O) groups excluding carboxylic acids is 3. The molecule has 27 heavy (non-hydrogen) atoms. The molecule has 0 unspecified atom stereocenters. The first-order valence-corrected chi connectivity index (χ1v) is 9.82. The third-order valence-electron chi connectivity index (χ3n) is 5.14. The molecule has 0 bridgehead atoms. The Labute approximate surface area is 162 Å². The SMILES string of the molecule is CCN(CC)C(=O)CN1CCN(C(=O)CCC(=O)c2ccc(C)cc2)CC1. The molecule has 0 spiro atoms. The summed E-state index contributed by atoms with van der Waals surface area (Å²) < 4.78 is 0. The van der Waals surface area contributed by atoms with Gasteiger partial charge in [0.05, 0.1) is 6.54 Å². The maximum absolute atomic E-state index is 12.4. The summed E-state index contributed by atoms with van der Waals surface area (Å²) in [6, 6.07) is 7.45. The lowest BCUT2D eigenvalue weighted by Crippen LogP contribution is -2.51. The van der Waals surface area contributed by atoms with Crippen LogP contribution in [0.1, 0.15) is 42.6 Å². The number of rotatable bonds is 8. The van der Waals surface area contributed by atoms with Gasteiger partial charge in [0.2, 0.25) is 11.8 Å². The van der Waals surface area contributed by atoms with E-state index in [0.29, 0.717) is 38.3 Å². The van der Waals surface area contributed by atoms with Gasteiger partial charge >= 0.3 is 0 Å². The van der Waals surface area contributed by atoms with Crippen LogP contribution in [0, 0.1) is 6.92 Å². The molecule has 0 radical (unpaired) electrons. The summed E-state index contributed by atoms with van der Waals surface area (Å²) in [7, 11) is 0. The van der Waals surface area contributed by atoms with Gasteiger partial charge in [-0.25, -0.2) is 0 Å². The molecule has 0 N–H and O–H groups in total. The van der Waals surface area contributed by atoms with Gasteiger partial charge in [0, 0.05) is 57.7 Å². The molecule has 1 aliphatic rings. The van der Waals surface area contributed by atoms with Crippen LogP contribution in [-0.2, 0) is 9.59 Å². The van der Waals surface area contributed by atoms with Crippen molar-refractivity contribution in [2.45, 2.75) is 33.6 Å². The van der Waals surface area contributed by atoms with Crippen LogP contribution in [-0.4, -0.2) is 78.1 Å². The monoisotopic (exact) mass is 373 g/mol. The minimum atomic E-state index is 0.00630. The van der Waals surface area contributed by atoms with Gasteiger partial charge in [-0.1, -0.05) is 29.8 Å². The molecular formula is C21H31N3O3. The average Bonchev–Trinajstić information content (AvgIpc) is 2.68. The third kappa shape index (κ3) is 6.17. The highest BCUT2D eigenvalue weighted by atomic mass is 16.2. The predicted molar refractivity (Wildman–Crippen MR) is 106 cm³/mol. The zero-order valence-electron chi connectivity index (χ0n) is 16.7. The van der Waals surface area contributed by atoms with E-state index in [0.717, 1.165) is 18.7 Å². The molecule has 0 atom stereocenters. The smallest absolute Gasteiger partial charge is 0.236 e. The number of hydrogen-bond acceptors (Lipinski definition) is 4. The second-order valence-corrected chi connectivity index (χ2v) is 7.01. The second kappa shape index (κ2) is 10.2. The van der Waals surface area contributed by atoms with E-state index < -0.39 is 0 Å². The first-order valence-electron chi connectivity index (χ1n) is 9.82. The number of ketones is 1. The fraction of sp³-hybridized carbons (Fsp3) is 0.571. The fourth-order valence-electron chi connectivity index (χ4n) is 3.29. The van der Waals surface area contributed by atoms with Gasteiger partial charge in [0.1, 0.15) is 0 Å². The molecule has 148 valence electrons. The van der Waals surface area contributed by atoms with Crippen molar-refractivity contribution in [2.24, 2.45) is 0 Å². The lowest BCUT2D eigenvalue weighted by Gasteiger charge is -2.35. The Morgan fingerprint density at radius 2 is 1.52 bits per heavy atom. The minimum Gasteiger partial charge on any atom is -0.342 e. The number of aryl methyl sites for hydroxylation is 1. The minimum absolute atomic E-state index is 0.00630. The Morgan fingerprint density at radius 1 is 0.926 bits per heavy atom. The van der Waals surface area contributed by atoms with Gasteiger partial charge < -0.3 is 9.80 Å². The van der Waals surface area contributed by atoms with Crippen molar-refractivity contribution in [3.8, 4) is 0 Å². The maximum atomic E-state index is 12.4. The Kier molecular flexibility index (Phi) is 7.98. The van der Waals surface area contributed by atoms with Crippen molar-refractivity contribution in [2.75, 3.05) is 45.8 Å². The summed E-state index contributed by atoms with van der Waals surface area (Å²) in [6.45, 7) is 10.4. The number of likely N-dealkylation sites (N-methyl/N-ethyl adjacent to an activating group) is 1. The van der Waals surface area contributed by atoms with E-state index in [2.05, 4.69) is 4.90 Å². The Balaban J connectivity index is 1.73. The molecule has 6 nitrogen and oxygen atoms in total. The molecule has 2 rings (SSSR count). The normalized spacial score (nSPS) is 14.9. The summed E-state index contributed by atoms with van der Waals surface area (Å²) in [5.74, 6) is 0.167. The topological polar surface area (TPSA) is 60.9 Å². The number of Topliss-reactive ketones (excluding diaryl/α,β-unsaturated/α-hetero) is 1. The van der Waals surface area contributed by atoms with E-state index in [1.165, 1.54) is 0 Å². The second-order valence-electron chi connectivity index (χ2n) is 7.01. The quantitative estimate of drug-likeness (QED) is 0.654. The van der Waals surface area contributed by atoms with Crippen molar-refractivity contribution >= 4 is 17.6 Å². The lowest BCUT2D eigenvalue weighted by molar-refractivity contribution is -0.135. The van der Waals surface area contributed by atoms with E-state index in [9.17, 15) is 14.4 Å². The Hall–Kier alpha value is -2.21. The van der Waals surface area contributed by atoms with Gasteiger partial charge in [-0.3, -0.25) is 19.3 Å². The number of hydrogen-bond donors (Lipinski definition) is 0. The van der Waals surface area contributed by atoms with Crippen LogP contribution >= 0.6 is 0 Å². The average molecular weight is 373 g/mol. The van der Waals surface area contributed by atoms with Crippen LogP contribution in [0.15, 0.2) is 24.3 Å². The van der Waals surface area contributed by atoms with E-state index in [-0.39, 0.29) is 30.4 Å². The summed E-state index contributed by atoms with van der Waals surface area (Å²) >= 11 is 0. The Bertz CT molecular complexity index is 645. The van der Waals surface area contributed by atoms with Crippen LogP contribution in [0.25, 0.3) is 0 Å². The highest BCUT2D eigenvalue weighted by Crippen LogP contribution is 2.10. The molecule has 0 saturated carbocycles. The first kappa shape index (κ1) is 21.1. The number of carbonyl (C=O) groups is 3. The number of nitrogens with zero attached hydrogens (tertiary/aromatic N) is 3. The third-order valence-corrected chi connectivity index (χ3v) is 5.14. The summed E-state index contributed by atoms with van der Waals surface area (Å²) in [5, 5.41) is 0. The Morgan fingerprint density at radius 3 is 2.07 bits per heavy atom. The van der Waals surface area contributed by atoms with Crippen LogP contribution in [0.4, 0.5) is 0 Å². The van der Waals surface area contributed by atoms with E-state index >= 15 is 0 Å². The van der Waals surface area contributed by atoms with Crippen molar-refractivity contribution in [1.82, 2.24) is 14.7 Å². The molecule has 2 amide bonds. The van der Waals surface area contributed by atoms with Gasteiger partial charge in [-0.05, 0) is 20.8 Å². The zero-order chi connectivity index (χ0) is 19.8. The zero-order valence-corrected chi connectivity index (χ0v) is 16.7. The molecular weight excluding hydrogens is 342 g/mol. The number of amides is 2.